The lowest BCUT2D eigenvalue weighted by molar-refractivity contribution is -0.138. The third-order valence-corrected chi connectivity index (χ3v) is 4.83. The van der Waals surface area contributed by atoms with Crippen LogP contribution in [0.1, 0.15) is 16.7 Å². The molecule has 1 saturated heterocycles. The molecule has 1 aliphatic heterocycles. The summed E-state index contributed by atoms with van der Waals surface area (Å²) in [5.41, 5.74) is -0.520. The Hall–Kier alpha value is -2.91. The van der Waals surface area contributed by atoms with E-state index in [9.17, 15) is 31.1 Å². The molecule has 2 aromatic rings. The molecule has 0 aliphatic carbocycles. The van der Waals surface area contributed by atoms with Crippen LogP contribution >= 0.6 is 0 Å². The first kappa shape index (κ1) is 21.8. The first-order valence-corrected chi connectivity index (χ1v) is 9.15. The number of alkyl halides is 6. The molecule has 4 nitrogen and oxygen atoms in total. The summed E-state index contributed by atoms with van der Waals surface area (Å²) in [6.45, 7) is 1.44. The number of hydrogen-bond acceptors (Lipinski definition) is 2. The number of rotatable bonds is 3. The van der Waals surface area contributed by atoms with Crippen LogP contribution in [0.15, 0.2) is 48.5 Å². The van der Waals surface area contributed by atoms with Gasteiger partial charge in [-0.15, -0.1) is 0 Å². The molecule has 0 spiro atoms. The van der Waals surface area contributed by atoms with Crippen molar-refractivity contribution in [1.82, 2.24) is 10.2 Å². The summed E-state index contributed by atoms with van der Waals surface area (Å²) in [4.78, 5) is 15.6. The van der Waals surface area contributed by atoms with E-state index in [-0.39, 0.29) is 12.6 Å². The molecule has 3 rings (SSSR count). The van der Waals surface area contributed by atoms with Crippen molar-refractivity contribution < 1.29 is 31.1 Å². The Kier molecular flexibility index (Phi) is 6.14. The smallest absolute Gasteiger partial charge is 0.368 e. The normalized spacial score (nSPS) is 15.3. The molecule has 2 aromatic carbocycles. The molecule has 0 bridgehead atoms. The molecule has 1 N–H and O–H groups in total. The number of nitrogens with zero attached hydrogens (tertiary/aromatic N) is 2. The Morgan fingerprint density at radius 3 is 2.00 bits per heavy atom. The Balaban J connectivity index is 1.51. The fraction of sp³-hybridized carbons (Fsp3) is 0.350. The molecule has 0 unspecified atom stereocenters. The van der Waals surface area contributed by atoms with Crippen LogP contribution in [0.5, 0.6) is 0 Å². The third-order valence-electron chi connectivity index (χ3n) is 4.83. The van der Waals surface area contributed by atoms with Crippen LogP contribution in [0.25, 0.3) is 0 Å². The maximum Gasteiger partial charge on any atom is 0.416 e. The lowest BCUT2D eigenvalue weighted by Crippen LogP contribution is -2.51. The van der Waals surface area contributed by atoms with Crippen molar-refractivity contribution in [3.8, 4) is 0 Å². The highest BCUT2D eigenvalue weighted by Gasteiger charge is 2.31. The molecule has 1 fully saturated rings. The highest BCUT2D eigenvalue weighted by molar-refractivity contribution is 5.74. The van der Waals surface area contributed by atoms with Crippen LogP contribution in [0.4, 0.5) is 36.8 Å². The van der Waals surface area contributed by atoms with Crippen LogP contribution in [-0.2, 0) is 18.9 Å². The fourth-order valence-corrected chi connectivity index (χ4v) is 3.15. The highest BCUT2D eigenvalue weighted by Crippen LogP contribution is 2.32. The second-order valence-corrected chi connectivity index (χ2v) is 6.88. The number of amides is 2. The van der Waals surface area contributed by atoms with Crippen LogP contribution in [0, 0.1) is 0 Å². The molecule has 1 aliphatic rings. The van der Waals surface area contributed by atoms with Gasteiger partial charge in [0.05, 0.1) is 11.1 Å². The number of halogens is 6. The zero-order valence-corrected chi connectivity index (χ0v) is 15.7. The number of anilines is 1. The second-order valence-electron chi connectivity index (χ2n) is 6.88. The molecule has 0 atom stereocenters. The summed E-state index contributed by atoms with van der Waals surface area (Å²) < 4.78 is 76.3. The summed E-state index contributed by atoms with van der Waals surface area (Å²) in [6, 6.07) is 9.17. The Morgan fingerprint density at radius 2 is 1.43 bits per heavy atom. The molecule has 10 heteroatoms. The van der Waals surface area contributed by atoms with Gasteiger partial charge < -0.3 is 15.1 Å². The van der Waals surface area contributed by atoms with Gasteiger partial charge in [-0.2, -0.15) is 26.3 Å². The van der Waals surface area contributed by atoms with Crippen LogP contribution < -0.4 is 10.2 Å². The van der Waals surface area contributed by atoms with Crippen LogP contribution in [-0.4, -0.2) is 37.1 Å². The van der Waals surface area contributed by atoms with Crippen molar-refractivity contribution in [2.45, 2.75) is 18.9 Å². The molecule has 0 saturated carbocycles. The number of nitrogens with one attached hydrogen (secondary N) is 1. The fourth-order valence-electron chi connectivity index (χ4n) is 3.15. The van der Waals surface area contributed by atoms with Gasteiger partial charge in [-0.1, -0.05) is 18.2 Å². The summed E-state index contributed by atoms with van der Waals surface area (Å²) >= 11 is 0. The third kappa shape index (κ3) is 5.37. The van der Waals surface area contributed by atoms with Gasteiger partial charge in [0.1, 0.15) is 0 Å². The van der Waals surface area contributed by atoms with Gasteiger partial charge in [0.15, 0.2) is 0 Å². The molecule has 30 heavy (non-hydrogen) atoms. The summed E-state index contributed by atoms with van der Waals surface area (Å²) in [5, 5.41) is 2.65. The summed E-state index contributed by atoms with van der Waals surface area (Å²) in [7, 11) is 0. The number of hydrogen-bond donors (Lipinski definition) is 1. The predicted octanol–water partition coefficient (Wildman–Crippen LogP) is 4.76. The molecule has 0 radical (unpaired) electrons. The minimum absolute atomic E-state index is 0.0742. The minimum Gasteiger partial charge on any atom is -0.368 e. The Labute approximate surface area is 169 Å². The van der Waals surface area contributed by atoms with E-state index in [4.69, 9.17) is 0 Å². The van der Waals surface area contributed by atoms with Gasteiger partial charge in [-0.25, -0.2) is 4.79 Å². The van der Waals surface area contributed by atoms with Crippen molar-refractivity contribution in [2.75, 3.05) is 31.1 Å². The van der Waals surface area contributed by atoms with Crippen molar-refractivity contribution in [2.24, 2.45) is 0 Å². The highest BCUT2D eigenvalue weighted by atomic mass is 19.4. The van der Waals surface area contributed by atoms with Gasteiger partial charge in [0, 0.05) is 38.4 Å². The van der Waals surface area contributed by atoms with E-state index < -0.39 is 23.5 Å². The summed E-state index contributed by atoms with van der Waals surface area (Å²) in [5.74, 6) is 0. The van der Waals surface area contributed by atoms with Gasteiger partial charge in [0.25, 0.3) is 0 Å². The first-order valence-electron chi connectivity index (χ1n) is 9.15. The lowest BCUT2D eigenvalue weighted by atomic mass is 10.1. The van der Waals surface area contributed by atoms with E-state index in [0.29, 0.717) is 37.4 Å². The van der Waals surface area contributed by atoms with E-state index in [0.717, 1.165) is 24.3 Å². The van der Waals surface area contributed by atoms with E-state index in [1.54, 1.807) is 11.0 Å². The van der Waals surface area contributed by atoms with E-state index in [1.165, 1.54) is 23.1 Å². The molecule has 2 amide bonds. The van der Waals surface area contributed by atoms with Crippen molar-refractivity contribution in [3.05, 3.63) is 65.2 Å². The monoisotopic (exact) mass is 431 g/mol. The van der Waals surface area contributed by atoms with Gasteiger partial charge in [-0.05, 0) is 35.9 Å². The van der Waals surface area contributed by atoms with Crippen LogP contribution in [0.2, 0.25) is 0 Å². The van der Waals surface area contributed by atoms with Gasteiger partial charge in [0.2, 0.25) is 0 Å². The lowest BCUT2D eigenvalue weighted by Gasteiger charge is -2.36. The predicted molar refractivity (Wildman–Crippen MR) is 98.9 cm³/mol. The molecular weight excluding hydrogens is 412 g/mol. The minimum atomic E-state index is -4.42. The van der Waals surface area contributed by atoms with Gasteiger partial charge in [-0.3, -0.25) is 0 Å². The van der Waals surface area contributed by atoms with Gasteiger partial charge >= 0.3 is 18.4 Å². The quantitative estimate of drug-likeness (QED) is 0.712. The van der Waals surface area contributed by atoms with Crippen molar-refractivity contribution >= 4 is 11.7 Å². The van der Waals surface area contributed by atoms with Crippen LogP contribution in [0.3, 0.4) is 0 Å². The Morgan fingerprint density at radius 1 is 0.833 bits per heavy atom. The van der Waals surface area contributed by atoms with Crippen molar-refractivity contribution in [1.29, 1.82) is 0 Å². The maximum atomic E-state index is 12.9. The topological polar surface area (TPSA) is 35.6 Å². The zero-order valence-electron chi connectivity index (χ0n) is 15.7. The van der Waals surface area contributed by atoms with E-state index in [1.807, 2.05) is 0 Å². The SMILES string of the molecule is O=C(NCc1ccc(C(F)(F)F)cc1)N1CCN(c2cccc(C(F)(F)F)c2)CC1. The largest absolute Gasteiger partial charge is 0.416 e. The average molecular weight is 431 g/mol. The van der Waals surface area contributed by atoms with E-state index >= 15 is 0 Å². The number of benzene rings is 2. The second kappa shape index (κ2) is 8.45. The maximum absolute atomic E-state index is 12.9. The first-order chi connectivity index (χ1) is 14.0. The van der Waals surface area contributed by atoms with E-state index in [2.05, 4.69) is 5.32 Å². The number of carbonyl (C=O) groups is 1. The molecule has 0 aromatic heterocycles. The summed E-state index contributed by atoms with van der Waals surface area (Å²) in [6.07, 6.45) is -8.84. The van der Waals surface area contributed by atoms with Crippen molar-refractivity contribution in [3.63, 3.8) is 0 Å². The molecule has 1 heterocycles. The number of carbonyl (C=O) groups excluding carboxylic acids is 1. The molecule has 162 valence electrons. The number of urea groups is 1. The standard InChI is InChI=1S/C20H19F6N3O/c21-19(22,23)15-6-4-14(5-7-15)13-27-18(30)29-10-8-28(9-11-29)17-3-1-2-16(12-17)20(24,25)26/h1-7,12H,8-11,13H2,(H,27,30). The number of piperazine rings is 1. The Bertz CT molecular complexity index is 871. The average Bonchev–Trinajstić information content (AvgIpc) is 2.71. The molecular formula is C20H19F6N3O. The zero-order chi connectivity index (χ0) is 21.9.